The van der Waals surface area contributed by atoms with Crippen LogP contribution in [0.4, 0.5) is 14.5 Å². The lowest BCUT2D eigenvalue weighted by Crippen LogP contribution is -2.52. The summed E-state index contributed by atoms with van der Waals surface area (Å²) in [5.41, 5.74) is -0.535. The molecule has 0 spiro atoms. The van der Waals surface area contributed by atoms with Gasteiger partial charge >= 0.3 is 0 Å². The lowest BCUT2D eigenvalue weighted by atomic mass is 10.1. The zero-order valence-electron chi connectivity index (χ0n) is 10.9. The monoisotopic (exact) mass is 297 g/mol. The second kappa shape index (κ2) is 6.40. The quantitative estimate of drug-likeness (QED) is 0.698. The van der Waals surface area contributed by atoms with Gasteiger partial charge in [-0.1, -0.05) is 6.07 Å². The molecule has 1 aliphatic rings. The molecule has 1 fully saturated rings. The number of nitrogens with one attached hydrogen (secondary N) is 3. The lowest BCUT2D eigenvalue weighted by Gasteiger charge is -2.21. The first-order chi connectivity index (χ1) is 9.97. The number of hydrogen-bond donors (Lipinski definition) is 3. The predicted molar refractivity (Wildman–Crippen MR) is 69.2 cm³/mol. The Kier molecular flexibility index (Phi) is 4.59. The highest BCUT2D eigenvalue weighted by Crippen LogP contribution is 2.17. The Hall–Kier alpha value is -2.35. The van der Waals surface area contributed by atoms with E-state index < -0.39 is 35.2 Å². The Morgan fingerprint density at radius 3 is 2.57 bits per heavy atom. The number of carbonyl (C=O) groups is 3. The van der Waals surface area contributed by atoms with E-state index in [0.29, 0.717) is 0 Å². The number of anilines is 1. The van der Waals surface area contributed by atoms with E-state index in [9.17, 15) is 23.2 Å². The van der Waals surface area contributed by atoms with E-state index in [1.54, 1.807) is 0 Å². The molecule has 1 atom stereocenters. The zero-order valence-corrected chi connectivity index (χ0v) is 10.9. The Labute approximate surface area is 118 Å². The summed E-state index contributed by atoms with van der Waals surface area (Å²) in [5, 5.41) is 6.85. The van der Waals surface area contributed by atoms with Gasteiger partial charge in [-0.2, -0.15) is 0 Å². The van der Waals surface area contributed by atoms with Crippen molar-refractivity contribution in [3.05, 3.63) is 29.8 Å². The SMILES string of the molecule is O=C1CCC(NCC(=O)Nc2c(F)cccc2F)C(=O)N1. The smallest absolute Gasteiger partial charge is 0.243 e. The second-order valence-corrected chi connectivity index (χ2v) is 4.53. The maximum absolute atomic E-state index is 13.3. The molecule has 1 aromatic carbocycles. The number of piperidine rings is 1. The molecular weight excluding hydrogens is 284 g/mol. The number of rotatable bonds is 4. The highest BCUT2D eigenvalue weighted by molar-refractivity contribution is 6.00. The minimum Gasteiger partial charge on any atom is -0.320 e. The number of carbonyl (C=O) groups excluding carboxylic acids is 3. The lowest BCUT2D eigenvalue weighted by molar-refractivity contribution is -0.134. The van der Waals surface area contributed by atoms with Crippen molar-refractivity contribution in [2.24, 2.45) is 0 Å². The fraction of sp³-hybridized carbons (Fsp3) is 0.308. The summed E-state index contributed by atoms with van der Waals surface area (Å²) >= 11 is 0. The summed E-state index contributed by atoms with van der Waals surface area (Å²) in [7, 11) is 0. The van der Waals surface area contributed by atoms with E-state index >= 15 is 0 Å². The van der Waals surface area contributed by atoms with Gasteiger partial charge in [-0.05, 0) is 18.6 Å². The molecule has 21 heavy (non-hydrogen) atoms. The number of para-hydroxylation sites is 1. The van der Waals surface area contributed by atoms with Crippen molar-refractivity contribution in [3.63, 3.8) is 0 Å². The van der Waals surface area contributed by atoms with Gasteiger partial charge in [-0.3, -0.25) is 25.0 Å². The van der Waals surface area contributed by atoms with Crippen molar-refractivity contribution in [1.29, 1.82) is 0 Å². The minimum atomic E-state index is -0.885. The van der Waals surface area contributed by atoms with Crippen molar-refractivity contribution in [3.8, 4) is 0 Å². The molecule has 0 aliphatic carbocycles. The van der Waals surface area contributed by atoms with E-state index in [2.05, 4.69) is 16.0 Å². The summed E-state index contributed by atoms with van der Waals surface area (Å²) < 4.78 is 26.7. The van der Waals surface area contributed by atoms with Gasteiger partial charge < -0.3 is 5.32 Å². The summed E-state index contributed by atoms with van der Waals surface area (Å²) in [5.74, 6) is -3.34. The minimum absolute atomic E-state index is 0.174. The molecule has 6 nitrogen and oxygen atoms in total. The van der Waals surface area contributed by atoms with Crippen molar-refractivity contribution < 1.29 is 23.2 Å². The Bertz CT molecular complexity index is 572. The molecule has 0 aromatic heterocycles. The first kappa shape index (κ1) is 15.0. The molecule has 3 N–H and O–H groups in total. The van der Waals surface area contributed by atoms with Gasteiger partial charge in [-0.25, -0.2) is 8.78 Å². The van der Waals surface area contributed by atoms with Gasteiger partial charge in [0.1, 0.15) is 17.3 Å². The van der Waals surface area contributed by atoms with Crippen LogP contribution in [0.1, 0.15) is 12.8 Å². The van der Waals surface area contributed by atoms with Crippen LogP contribution in [0.15, 0.2) is 18.2 Å². The van der Waals surface area contributed by atoms with E-state index in [4.69, 9.17) is 0 Å². The van der Waals surface area contributed by atoms with E-state index in [1.165, 1.54) is 6.07 Å². The standard InChI is InChI=1S/C13H13F2N3O3/c14-7-2-1-3-8(15)12(7)17-11(20)6-16-9-4-5-10(19)18-13(9)21/h1-3,9,16H,4-6H2,(H,17,20)(H,18,19,21). The largest absolute Gasteiger partial charge is 0.320 e. The Balaban J connectivity index is 1.88. The predicted octanol–water partition coefficient (Wildman–Crippen LogP) is 0.298. The molecule has 1 saturated heterocycles. The van der Waals surface area contributed by atoms with Crippen LogP contribution in [0, 0.1) is 11.6 Å². The number of halogens is 2. The van der Waals surface area contributed by atoms with Gasteiger partial charge in [0.25, 0.3) is 0 Å². The van der Waals surface area contributed by atoms with Gasteiger partial charge in [0.2, 0.25) is 17.7 Å². The first-order valence-corrected chi connectivity index (χ1v) is 6.28. The molecule has 112 valence electrons. The number of hydrogen-bond acceptors (Lipinski definition) is 4. The van der Waals surface area contributed by atoms with Crippen molar-refractivity contribution in [1.82, 2.24) is 10.6 Å². The van der Waals surface area contributed by atoms with Gasteiger partial charge in [0.15, 0.2) is 0 Å². The molecule has 0 bridgehead atoms. The molecule has 3 amide bonds. The normalized spacial score (nSPS) is 18.3. The third kappa shape index (κ3) is 3.82. The Morgan fingerprint density at radius 2 is 1.95 bits per heavy atom. The van der Waals surface area contributed by atoms with Crippen LogP contribution in [-0.4, -0.2) is 30.3 Å². The van der Waals surface area contributed by atoms with Crippen molar-refractivity contribution in [2.75, 3.05) is 11.9 Å². The van der Waals surface area contributed by atoms with E-state index in [1.807, 2.05) is 0 Å². The van der Waals surface area contributed by atoms with Crippen LogP contribution < -0.4 is 16.0 Å². The van der Waals surface area contributed by atoms with Gasteiger partial charge in [-0.15, -0.1) is 0 Å². The number of amides is 3. The average molecular weight is 297 g/mol. The van der Waals surface area contributed by atoms with Crippen LogP contribution in [0.3, 0.4) is 0 Å². The van der Waals surface area contributed by atoms with E-state index in [-0.39, 0.29) is 25.3 Å². The van der Waals surface area contributed by atoms with Crippen LogP contribution in [-0.2, 0) is 14.4 Å². The third-order valence-electron chi connectivity index (χ3n) is 2.98. The molecule has 8 heteroatoms. The fourth-order valence-electron chi connectivity index (χ4n) is 1.91. The molecule has 1 aliphatic heterocycles. The summed E-state index contributed by atoms with van der Waals surface area (Å²) in [6.45, 7) is -0.306. The molecule has 1 heterocycles. The molecule has 2 rings (SSSR count). The average Bonchev–Trinajstić information content (AvgIpc) is 2.42. The molecule has 1 unspecified atom stereocenters. The molecular formula is C13H13F2N3O3. The molecule has 0 radical (unpaired) electrons. The summed E-state index contributed by atoms with van der Waals surface area (Å²) in [6, 6.07) is 2.54. The van der Waals surface area contributed by atoms with Gasteiger partial charge in [0.05, 0.1) is 12.6 Å². The zero-order chi connectivity index (χ0) is 15.4. The van der Waals surface area contributed by atoms with Gasteiger partial charge in [0, 0.05) is 6.42 Å². The Morgan fingerprint density at radius 1 is 1.29 bits per heavy atom. The first-order valence-electron chi connectivity index (χ1n) is 6.28. The molecule has 0 saturated carbocycles. The number of imide groups is 1. The molecule has 1 aromatic rings. The van der Waals surface area contributed by atoms with Crippen LogP contribution in [0.25, 0.3) is 0 Å². The topological polar surface area (TPSA) is 87.3 Å². The fourth-order valence-corrected chi connectivity index (χ4v) is 1.91. The highest BCUT2D eigenvalue weighted by Gasteiger charge is 2.26. The van der Waals surface area contributed by atoms with E-state index in [0.717, 1.165) is 12.1 Å². The van der Waals surface area contributed by atoms with Crippen LogP contribution >= 0.6 is 0 Å². The third-order valence-corrected chi connectivity index (χ3v) is 2.98. The highest BCUT2D eigenvalue weighted by atomic mass is 19.1. The summed E-state index contributed by atoms with van der Waals surface area (Å²) in [4.78, 5) is 34.0. The summed E-state index contributed by atoms with van der Waals surface area (Å²) in [6.07, 6.45) is 0.443. The van der Waals surface area contributed by atoms with Crippen LogP contribution in [0.5, 0.6) is 0 Å². The maximum atomic E-state index is 13.3. The van der Waals surface area contributed by atoms with Crippen LogP contribution in [0.2, 0.25) is 0 Å². The van der Waals surface area contributed by atoms with Crippen molar-refractivity contribution in [2.45, 2.75) is 18.9 Å². The van der Waals surface area contributed by atoms with Crippen molar-refractivity contribution >= 4 is 23.4 Å². The maximum Gasteiger partial charge on any atom is 0.243 e. The number of benzene rings is 1. The second-order valence-electron chi connectivity index (χ2n) is 4.53.